The van der Waals surface area contributed by atoms with E-state index in [2.05, 4.69) is 15.4 Å². The molecular weight excluding hydrogens is 486 g/mol. The van der Waals surface area contributed by atoms with Crippen LogP contribution in [0.25, 0.3) is 11.0 Å². The fourth-order valence-electron chi connectivity index (χ4n) is 4.05. The summed E-state index contributed by atoms with van der Waals surface area (Å²) in [5.74, 6) is 0.436. The highest BCUT2D eigenvalue weighted by Crippen LogP contribution is 2.32. The SMILES string of the molecule is CCn1nc(C)cc1C(=O)Nc1nc2cc(C(N)=O)cc(OCc3ccc(OC)cc3)c2n1CC=CCN. The van der Waals surface area contributed by atoms with Crippen LogP contribution < -0.4 is 26.3 Å². The lowest BCUT2D eigenvalue weighted by Crippen LogP contribution is -2.20. The number of amides is 2. The second kappa shape index (κ2) is 11.6. The number of imidazole rings is 1. The van der Waals surface area contributed by atoms with Gasteiger partial charge in [0.05, 0.1) is 18.3 Å². The molecule has 2 aromatic carbocycles. The van der Waals surface area contributed by atoms with Gasteiger partial charge in [0.25, 0.3) is 5.91 Å². The van der Waals surface area contributed by atoms with Gasteiger partial charge in [-0.05, 0) is 49.7 Å². The Labute approximate surface area is 220 Å². The highest BCUT2D eigenvalue weighted by molar-refractivity contribution is 6.04. The number of methoxy groups -OCH3 is 1. The Balaban J connectivity index is 1.77. The van der Waals surface area contributed by atoms with E-state index >= 15 is 0 Å². The molecule has 5 N–H and O–H groups in total. The van der Waals surface area contributed by atoms with Gasteiger partial charge in [-0.2, -0.15) is 5.10 Å². The zero-order valence-electron chi connectivity index (χ0n) is 21.6. The summed E-state index contributed by atoms with van der Waals surface area (Å²) < 4.78 is 14.8. The number of nitrogens with one attached hydrogen (secondary N) is 1. The first-order valence-corrected chi connectivity index (χ1v) is 12.1. The Morgan fingerprint density at radius 1 is 1.13 bits per heavy atom. The number of rotatable bonds is 11. The van der Waals surface area contributed by atoms with Crippen LogP contribution in [-0.4, -0.2) is 44.8 Å². The zero-order valence-corrected chi connectivity index (χ0v) is 21.6. The highest BCUT2D eigenvalue weighted by Gasteiger charge is 2.21. The lowest BCUT2D eigenvalue weighted by molar-refractivity contribution is 0.0995. The summed E-state index contributed by atoms with van der Waals surface area (Å²) in [5, 5.41) is 7.25. The molecule has 2 aromatic heterocycles. The first-order chi connectivity index (χ1) is 18.3. The van der Waals surface area contributed by atoms with Crippen molar-refractivity contribution in [1.29, 1.82) is 0 Å². The average Bonchev–Trinajstić information content (AvgIpc) is 3.47. The quantitative estimate of drug-likeness (QED) is 0.259. The Morgan fingerprint density at radius 3 is 2.55 bits per heavy atom. The smallest absolute Gasteiger partial charge is 0.276 e. The maximum absolute atomic E-state index is 13.2. The summed E-state index contributed by atoms with van der Waals surface area (Å²) in [6.07, 6.45) is 3.68. The monoisotopic (exact) mass is 517 g/mol. The lowest BCUT2D eigenvalue weighted by atomic mass is 10.1. The molecule has 198 valence electrons. The number of aryl methyl sites for hydroxylation is 2. The van der Waals surface area contributed by atoms with Gasteiger partial charge in [0, 0.05) is 25.2 Å². The number of anilines is 1. The third kappa shape index (κ3) is 5.68. The van der Waals surface area contributed by atoms with Crippen LogP contribution in [0.4, 0.5) is 5.95 Å². The van der Waals surface area contributed by atoms with Crippen LogP contribution in [0.2, 0.25) is 0 Å². The van der Waals surface area contributed by atoms with Crippen molar-refractivity contribution in [3.8, 4) is 11.5 Å². The van der Waals surface area contributed by atoms with E-state index in [1.54, 1.807) is 34.6 Å². The van der Waals surface area contributed by atoms with E-state index < -0.39 is 5.91 Å². The van der Waals surface area contributed by atoms with Crippen LogP contribution in [-0.2, 0) is 19.7 Å². The van der Waals surface area contributed by atoms with E-state index in [1.807, 2.05) is 50.3 Å². The Bertz CT molecular complexity index is 1490. The van der Waals surface area contributed by atoms with Crippen LogP contribution in [0.5, 0.6) is 11.5 Å². The third-order valence-corrected chi connectivity index (χ3v) is 5.90. The molecule has 0 spiro atoms. The van der Waals surface area contributed by atoms with Crippen molar-refractivity contribution in [2.24, 2.45) is 11.5 Å². The molecule has 0 radical (unpaired) electrons. The second-order valence-electron chi connectivity index (χ2n) is 8.54. The molecule has 4 aromatic rings. The molecule has 0 saturated heterocycles. The van der Waals surface area contributed by atoms with E-state index in [-0.39, 0.29) is 24.0 Å². The van der Waals surface area contributed by atoms with Gasteiger partial charge in [0.2, 0.25) is 11.9 Å². The number of hydrogen-bond acceptors (Lipinski definition) is 7. The summed E-state index contributed by atoms with van der Waals surface area (Å²) in [6, 6.07) is 12.3. The maximum atomic E-state index is 13.2. The summed E-state index contributed by atoms with van der Waals surface area (Å²) in [7, 11) is 1.60. The standard InChI is InChI=1S/C27H31N7O4/c1-4-34-22(13-17(2)32-34)26(36)31-27-30-21-14-19(25(29)35)15-23(24(21)33(27)12-6-5-11-28)38-16-18-7-9-20(37-3)10-8-18/h5-10,13-15H,4,11-12,16,28H2,1-3H3,(H2,29,35)(H,30,31,36). The van der Waals surface area contributed by atoms with E-state index in [9.17, 15) is 9.59 Å². The summed E-state index contributed by atoms with van der Waals surface area (Å²) in [5.41, 5.74) is 14.6. The first-order valence-electron chi connectivity index (χ1n) is 12.1. The lowest BCUT2D eigenvalue weighted by Gasteiger charge is -2.13. The summed E-state index contributed by atoms with van der Waals surface area (Å²) >= 11 is 0. The number of hydrogen-bond donors (Lipinski definition) is 3. The normalized spacial score (nSPS) is 11.3. The van der Waals surface area contributed by atoms with E-state index in [0.717, 1.165) is 17.0 Å². The summed E-state index contributed by atoms with van der Waals surface area (Å²) in [4.78, 5) is 29.9. The zero-order chi connectivity index (χ0) is 27.2. The van der Waals surface area contributed by atoms with E-state index in [4.69, 9.17) is 20.9 Å². The van der Waals surface area contributed by atoms with E-state index in [1.165, 1.54) is 0 Å². The van der Waals surface area contributed by atoms with Crippen molar-refractivity contribution in [3.63, 3.8) is 0 Å². The molecular formula is C27H31N7O4. The number of nitrogens with two attached hydrogens (primary N) is 2. The molecule has 2 heterocycles. The number of primary amides is 1. The number of allylic oxidation sites excluding steroid dienone is 1. The minimum atomic E-state index is -0.619. The number of benzene rings is 2. The van der Waals surface area contributed by atoms with Gasteiger partial charge < -0.3 is 25.5 Å². The fraction of sp³-hybridized carbons (Fsp3) is 0.259. The van der Waals surface area contributed by atoms with Crippen LogP contribution in [0.3, 0.4) is 0 Å². The van der Waals surface area contributed by atoms with Crippen LogP contribution in [0, 0.1) is 6.92 Å². The van der Waals surface area contributed by atoms with Gasteiger partial charge >= 0.3 is 0 Å². The van der Waals surface area contributed by atoms with Gasteiger partial charge in [0.15, 0.2) is 0 Å². The molecule has 0 atom stereocenters. The minimum Gasteiger partial charge on any atom is -0.497 e. The fourth-order valence-corrected chi connectivity index (χ4v) is 4.05. The maximum Gasteiger partial charge on any atom is 0.276 e. The minimum absolute atomic E-state index is 0.224. The highest BCUT2D eigenvalue weighted by atomic mass is 16.5. The molecule has 11 nitrogen and oxygen atoms in total. The molecule has 11 heteroatoms. The van der Waals surface area contributed by atoms with Crippen molar-refractivity contribution < 1.29 is 19.1 Å². The molecule has 0 aliphatic rings. The number of fused-ring (bicyclic) bond motifs is 1. The third-order valence-electron chi connectivity index (χ3n) is 5.90. The van der Waals surface area contributed by atoms with Gasteiger partial charge in [-0.3, -0.25) is 19.6 Å². The molecule has 0 fully saturated rings. The first kappa shape index (κ1) is 26.4. The van der Waals surface area contributed by atoms with Crippen LogP contribution in [0.1, 0.15) is 39.0 Å². The van der Waals surface area contributed by atoms with Crippen molar-refractivity contribution in [2.45, 2.75) is 33.5 Å². The predicted octanol–water partition coefficient (Wildman–Crippen LogP) is 3.01. The topological polar surface area (TPSA) is 152 Å². The average molecular weight is 518 g/mol. The molecule has 0 unspecified atom stereocenters. The number of carbonyl (C=O) groups excluding carboxylic acids is 2. The van der Waals surface area contributed by atoms with E-state index in [0.29, 0.717) is 42.1 Å². The molecule has 2 amide bonds. The number of aromatic nitrogens is 4. The Morgan fingerprint density at radius 2 is 1.89 bits per heavy atom. The van der Waals surface area contributed by atoms with Crippen molar-refractivity contribution in [1.82, 2.24) is 19.3 Å². The molecule has 0 bridgehead atoms. The Hall–Kier alpha value is -4.64. The second-order valence-corrected chi connectivity index (χ2v) is 8.54. The molecule has 0 aliphatic carbocycles. The van der Waals surface area contributed by atoms with Crippen LogP contribution >= 0.6 is 0 Å². The largest absolute Gasteiger partial charge is 0.497 e. The molecule has 4 rings (SSSR count). The number of nitrogens with zero attached hydrogens (tertiary/aromatic N) is 4. The van der Waals surface area contributed by atoms with Gasteiger partial charge in [-0.15, -0.1) is 0 Å². The predicted molar refractivity (Wildman–Crippen MR) is 144 cm³/mol. The molecule has 38 heavy (non-hydrogen) atoms. The number of carbonyl (C=O) groups is 2. The summed E-state index contributed by atoms with van der Waals surface area (Å²) in [6.45, 7) is 5.21. The van der Waals surface area contributed by atoms with Gasteiger partial charge in [-0.1, -0.05) is 24.3 Å². The Kier molecular flexibility index (Phi) is 8.07. The van der Waals surface area contributed by atoms with Crippen molar-refractivity contribution in [3.05, 3.63) is 77.1 Å². The van der Waals surface area contributed by atoms with Crippen LogP contribution in [0.15, 0.2) is 54.6 Å². The molecule has 0 saturated carbocycles. The van der Waals surface area contributed by atoms with Gasteiger partial charge in [0.1, 0.15) is 29.3 Å². The molecule has 0 aliphatic heterocycles. The van der Waals surface area contributed by atoms with Gasteiger partial charge in [-0.25, -0.2) is 4.98 Å². The van der Waals surface area contributed by atoms with Crippen molar-refractivity contribution >= 4 is 28.8 Å². The number of ether oxygens (including phenoxy) is 2. The van der Waals surface area contributed by atoms with Crippen molar-refractivity contribution in [2.75, 3.05) is 19.0 Å².